The van der Waals surface area contributed by atoms with E-state index in [1.54, 1.807) is 43.5 Å². The fourth-order valence-corrected chi connectivity index (χ4v) is 2.93. The molecule has 0 spiro atoms. The number of rotatable bonds is 8. The van der Waals surface area contributed by atoms with Gasteiger partial charge in [0, 0.05) is 30.8 Å². The molecule has 0 bridgehead atoms. The predicted molar refractivity (Wildman–Crippen MR) is 126 cm³/mol. The van der Waals surface area contributed by atoms with E-state index in [2.05, 4.69) is 10.6 Å². The molecular formula is C26H24N2O5. The molecule has 3 rings (SSSR count). The molecule has 0 radical (unpaired) electrons. The number of methoxy groups -OCH3 is 1. The summed E-state index contributed by atoms with van der Waals surface area (Å²) in [4.78, 5) is 35.6. The van der Waals surface area contributed by atoms with E-state index in [0.29, 0.717) is 23.5 Å². The average Bonchev–Trinajstić information content (AvgIpc) is 2.82. The lowest BCUT2D eigenvalue weighted by atomic mass is 10.1. The number of carbonyl (C=O) groups is 3. The fourth-order valence-electron chi connectivity index (χ4n) is 2.93. The van der Waals surface area contributed by atoms with E-state index in [-0.39, 0.29) is 11.8 Å². The smallest absolute Gasteiger partial charge is 0.308 e. The predicted octanol–water partition coefficient (Wildman–Crippen LogP) is 4.20. The van der Waals surface area contributed by atoms with Gasteiger partial charge < -0.3 is 20.1 Å². The minimum atomic E-state index is -0.448. The van der Waals surface area contributed by atoms with Crippen molar-refractivity contribution >= 4 is 29.5 Å². The van der Waals surface area contributed by atoms with Crippen molar-refractivity contribution < 1.29 is 23.9 Å². The first kappa shape index (κ1) is 23.3. The largest absolute Gasteiger partial charge is 0.497 e. The Kier molecular flexibility index (Phi) is 7.96. The number of amides is 2. The zero-order valence-electron chi connectivity index (χ0n) is 18.3. The second-order valence-electron chi connectivity index (χ2n) is 7.10. The highest BCUT2D eigenvalue weighted by atomic mass is 16.5. The van der Waals surface area contributed by atoms with E-state index in [0.717, 1.165) is 16.9 Å². The van der Waals surface area contributed by atoms with Crippen LogP contribution in [0.4, 0.5) is 5.69 Å². The van der Waals surface area contributed by atoms with Gasteiger partial charge in [0.2, 0.25) is 5.91 Å². The molecule has 0 aliphatic carbocycles. The molecule has 2 amide bonds. The Hall–Kier alpha value is -4.39. The van der Waals surface area contributed by atoms with Crippen LogP contribution in [-0.4, -0.2) is 24.9 Å². The molecule has 2 N–H and O–H groups in total. The number of nitrogens with one attached hydrogen (secondary N) is 2. The van der Waals surface area contributed by atoms with Gasteiger partial charge in [0.15, 0.2) is 0 Å². The average molecular weight is 444 g/mol. The molecule has 0 atom stereocenters. The van der Waals surface area contributed by atoms with Gasteiger partial charge in [-0.25, -0.2) is 0 Å². The molecule has 7 nitrogen and oxygen atoms in total. The molecule has 7 heteroatoms. The molecule has 0 unspecified atom stereocenters. The molecule has 0 aromatic heterocycles. The van der Waals surface area contributed by atoms with Crippen LogP contribution in [0.25, 0.3) is 6.08 Å². The van der Waals surface area contributed by atoms with E-state index < -0.39 is 5.97 Å². The summed E-state index contributed by atoms with van der Waals surface area (Å²) in [7, 11) is 1.60. The maximum atomic E-state index is 12.4. The van der Waals surface area contributed by atoms with Crippen LogP contribution in [-0.2, 0) is 16.1 Å². The van der Waals surface area contributed by atoms with Crippen molar-refractivity contribution in [2.24, 2.45) is 0 Å². The van der Waals surface area contributed by atoms with Crippen molar-refractivity contribution in [3.8, 4) is 11.5 Å². The molecule has 168 valence electrons. The van der Waals surface area contributed by atoms with Gasteiger partial charge >= 0.3 is 5.97 Å². The van der Waals surface area contributed by atoms with E-state index in [1.807, 2.05) is 36.4 Å². The van der Waals surface area contributed by atoms with E-state index >= 15 is 0 Å². The van der Waals surface area contributed by atoms with Crippen LogP contribution in [0, 0.1) is 0 Å². The summed E-state index contributed by atoms with van der Waals surface area (Å²) >= 11 is 0. The van der Waals surface area contributed by atoms with Gasteiger partial charge in [-0.3, -0.25) is 14.4 Å². The molecule has 0 saturated heterocycles. The Labute approximate surface area is 192 Å². The highest BCUT2D eigenvalue weighted by Gasteiger charge is 2.08. The minimum absolute atomic E-state index is 0.250. The van der Waals surface area contributed by atoms with Crippen LogP contribution in [0.1, 0.15) is 28.4 Å². The number of anilines is 1. The summed E-state index contributed by atoms with van der Waals surface area (Å²) in [6.45, 7) is 1.61. The maximum Gasteiger partial charge on any atom is 0.308 e. The number of esters is 1. The van der Waals surface area contributed by atoms with Gasteiger partial charge in [-0.05, 0) is 59.7 Å². The van der Waals surface area contributed by atoms with Crippen LogP contribution < -0.4 is 20.1 Å². The van der Waals surface area contributed by atoms with Crippen molar-refractivity contribution in [2.45, 2.75) is 13.5 Å². The van der Waals surface area contributed by atoms with Crippen molar-refractivity contribution in [1.82, 2.24) is 5.32 Å². The number of benzene rings is 3. The zero-order chi connectivity index (χ0) is 23.6. The summed E-state index contributed by atoms with van der Waals surface area (Å²) in [5, 5.41) is 5.61. The lowest BCUT2D eigenvalue weighted by Crippen LogP contribution is -2.22. The molecule has 0 fully saturated rings. The Morgan fingerprint density at radius 2 is 1.64 bits per heavy atom. The minimum Gasteiger partial charge on any atom is -0.497 e. The first-order valence-corrected chi connectivity index (χ1v) is 10.2. The molecule has 0 heterocycles. The summed E-state index contributed by atoms with van der Waals surface area (Å²) < 4.78 is 10.1. The number of carbonyl (C=O) groups excluding carboxylic acids is 3. The van der Waals surface area contributed by atoms with Crippen LogP contribution in [0.2, 0.25) is 0 Å². The molecule has 0 aliphatic heterocycles. The van der Waals surface area contributed by atoms with E-state index in [4.69, 9.17) is 9.47 Å². The first-order chi connectivity index (χ1) is 15.9. The first-order valence-electron chi connectivity index (χ1n) is 10.2. The lowest BCUT2D eigenvalue weighted by Gasteiger charge is -2.08. The summed E-state index contributed by atoms with van der Waals surface area (Å²) in [5.41, 5.74) is 2.78. The fraction of sp³-hybridized carbons (Fsp3) is 0.115. The summed E-state index contributed by atoms with van der Waals surface area (Å²) in [6.07, 6.45) is 3.18. The highest BCUT2D eigenvalue weighted by molar-refractivity contribution is 6.02. The Morgan fingerprint density at radius 1 is 0.909 bits per heavy atom. The molecule has 33 heavy (non-hydrogen) atoms. The van der Waals surface area contributed by atoms with Crippen LogP contribution >= 0.6 is 0 Å². The normalized spacial score (nSPS) is 10.5. The Morgan fingerprint density at radius 3 is 2.30 bits per heavy atom. The second kappa shape index (κ2) is 11.3. The zero-order valence-corrected chi connectivity index (χ0v) is 18.3. The van der Waals surface area contributed by atoms with Crippen molar-refractivity contribution in [3.63, 3.8) is 0 Å². The third-order valence-electron chi connectivity index (χ3n) is 4.58. The van der Waals surface area contributed by atoms with Gasteiger partial charge in [0.05, 0.1) is 7.11 Å². The molecule has 3 aromatic carbocycles. The molecule has 0 aliphatic rings. The van der Waals surface area contributed by atoms with Gasteiger partial charge in [0.1, 0.15) is 11.5 Å². The summed E-state index contributed by atoms with van der Waals surface area (Å²) in [6, 6.07) is 20.9. The Balaban J connectivity index is 1.50. The third-order valence-corrected chi connectivity index (χ3v) is 4.58. The van der Waals surface area contributed by atoms with Gasteiger partial charge in [-0.2, -0.15) is 0 Å². The monoisotopic (exact) mass is 444 g/mol. The summed E-state index contributed by atoms with van der Waals surface area (Å²) in [5.74, 6) is 0.0835. The van der Waals surface area contributed by atoms with Crippen molar-refractivity contribution in [2.75, 3.05) is 12.4 Å². The molecule has 0 saturated carbocycles. The van der Waals surface area contributed by atoms with Crippen LogP contribution in [0.3, 0.4) is 0 Å². The van der Waals surface area contributed by atoms with E-state index in [1.165, 1.54) is 19.1 Å². The van der Waals surface area contributed by atoms with Crippen LogP contribution in [0.15, 0.2) is 78.9 Å². The van der Waals surface area contributed by atoms with E-state index in [9.17, 15) is 14.4 Å². The quantitative estimate of drug-likeness (QED) is 0.309. The van der Waals surface area contributed by atoms with Gasteiger partial charge in [0.25, 0.3) is 5.91 Å². The van der Waals surface area contributed by atoms with Crippen LogP contribution in [0.5, 0.6) is 11.5 Å². The highest BCUT2D eigenvalue weighted by Crippen LogP contribution is 2.15. The SMILES string of the molecule is COc1ccc(/C=C/C(=O)Nc2ccc(CNC(=O)c3cccc(OC(C)=O)c3)cc2)cc1. The number of ether oxygens (including phenoxy) is 2. The topological polar surface area (TPSA) is 93.7 Å². The second-order valence-corrected chi connectivity index (χ2v) is 7.10. The lowest BCUT2D eigenvalue weighted by molar-refractivity contribution is -0.131. The van der Waals surface area contributed by atoms with Crippen molar-refractivity contribution in [3.05, 3.63) is 95.6 Å². The van der Waals surface area contributed by atoms with Crippen molar-refractivity contribution in [1.29, 1.82) is 0 Å². The molecule has 3 aromatic rings. The Bertz CT molecular complexity index is 1150. The maximum absolute atomic E-state index is 12.4. The van der Waals surface area contributed by atoms with Gasteiger partial charge in [-0.15, -0.1) is 0 Å². The number of hydrogen-bond donors (Lipinski definition) is 2. The van der Waals surface area contributed by atoms with Gasteiger partial charge in [-0.1, -0.05) is 30.3 Å². The third kappa shape index (κ3) is 7.36. The number of hydrogen-bond acceptors (Lipinski definition) is 5. The molecular weight excluding hydrogens is 420 g/mol. The standard InChI is InChI=1S/C26H24N2O5/c1-18(29)33-24-5-3-4-21(16-24)26(31)27-17-20-6-11-22(12-7-20)28-25(30)15-10-19-8-13-23(32-2)14-9-19/h3-16H,17H2,1-2H3,(H,27,31)(H,28,30)/b15-10+.